The van der Waals surface area contributed by atoms with E-state index in [-0.39, 0.29) is 28.9 Å². The summed E-state index contributed by atoms with van der Waals surface area (Å²) < 4.78 is 27.8. The second-order valence-electron chi connectivity index (χ2n) is 12.1. The predicted octanol–water partition coefficient (Wildman–Crippen LogP) is 1.38. The average Bonchev–Trinajstić information content (AvgIpc) is 3.08. The smallest absolute Gasteiger partial charge is 0.330 e. The number of hydrogen-bond acceptors (Lipinski definition) is 13. The van der Waals surface area contributed by atoms with Crippen molar-refractivity contribution in [2.75, 3.05) is 20.3 Å². The molecular formula is C34H37NO13. The van der Waals surface area contributed by atoms with Crippen LogP contribution in [-0.2, 0) is 35.0 Å². The summed E-state index contributed by atoms with van der Waals surface area (Å²) in [7, 11) is 1.39. The van der Waals surface area contributed by atoms with Crippen molar-refractivity contribution in [1.82, 2.24) is 4.90 Å². The summed E-state index contributed by atoms with van der Waals surface area (Å²) in [6.07, 6.45) is -2.64. The number of carbonyl (C=O) groups excluding carboxylic acids is 2. The van der Waals surface area contributed by atoms with Crippen LogP contribution in [0.1, 0.15) is 29.2 Å². The first kappa shape index (κ1) is 33.3. The van der Waals surface area contributed by atoms with Gasteiger partial charge in [-0.3, -0.25) is 4.79 Å². The molecule has 0 aliphatic carbocycles. The SMILES string of the molecule is C=CC1C(OC2OC(COC(=O)C=Cc3ccc(O)c(OC)c3)C(O)C(O)C2O)OC=C2C(=O)N3CCc4cc(O)c(O)cc4C3CC21. The molecule has 14 heteroatoms. The summed E-state index contributed by atoms with van der Waals surface area (Å²) in [4.78, 5) is 27.7. The number of benzene rings is 2. The highest BCUT2D eigenvalue weighted by molar-refractivity contribution is 5.95. The van der Waals surface area contributed by atoms with Crippen LogP contribution in [0.3, 0.4) is 0 Å². The zero-order valence-corrected chi connectivity index (χ0v) is 25.9. The van der Waals surface area contributed by atoms with E-state index in [2.05, 4.69) is 6.58 Å². The molecule has 0 aromatic heterocycles. The Balaban J connectivity index is 1.13. The van der Waals surface area contributed by atoms with Crippen LogP contribution in [0.5, 0.6) is 23.0 Å². The minimum absolute atomic E-state index is 0.0652. The van der Waals surface area contributed by atoms with Gasteiger partial charge in [0.1, 0.15) is 31.0 Å². The normalized spacial score (nSPS) is 31.2. The van der Waals surface area contributed by atoms with Gasteiger partial charge in [0, 0.05) is 24.5 Å². The van der Waals surface area contributed by atoms with Crippen molar-refractivity contribution in [3.05, 3.63) is 77.6 Å². The van der Waals surface area contributed by atoms with Gasteiger partial charge in [-0.05, 0) is 59.9 Å². The summed E-state index contributed by atoms with van der Waals surface area (Å²) in [6, 6.07) is 7.07. The lowest BCUT2D eigenvalue weighted by Crippen LogP contribution is -2.60. The number of amides is 1. The number of rotatable bonds is 8. The van der Waals surface area contributed by atoms with E-state index in [1.807, 2.05) is 0 Å². The fraction of sp³-hybridized carbons (Fsp3) is 0.412. The maximum absolute atomic E-state index is 13.6. The molecule has 2 aromatic rings. The lowest BCUT2D eigenvalue weighted by atomic mass is 9.73. The molecule has 4 aliphatic heterocycles. The Bertz CT molecular complexity index is 1640. The number of carbonyl (C=O) groups is 2. The first-order valence-corrected chi connectivity index (χ1v) is 15.4. The minimum atomic E-state index is -1.73. The molecule has 4 heterocycles. The van der Waals surface area contributed by atoms with Gasteiger partial charge < -0.3 is 59.2 Å². The molecule has 0 bridgehead atoms. The fourth-order valence-corrected chi connectivity index (χ4v) is 6.71. The number of methoxy groups -OCH3 is 1. The molecule has 0 saturated carbocycles. The van der Waals surface area contributed by atoms with Gasteiger partial charge in [0.05, 0.1) is 25.0 Å². The number of fused-ring (bicyclic) bond motifs is 4. The second kappa shape index (κ2) is 13.5. The van der Waals surface area contributed by atoms with E-state index in [1.54, 1.807) is 17.0 Å². The number of esters is 1. The molecule has 0 spiro atoms. The van der Waals surface area contributed by atoms with Gasteiger partial charge in [0.25, 0.3) is 5.91 Å². The first-order chi connectivity index (χ1) is 23.0. The van der Waals surface area contributed by atoms with Crippen molar-refractivity contribution in [3.63, 3.8) is 0 Å². The largest absolute Gasteiger partial charge is 0.504 e. The third-order valence-corrected chi connectivity index (χ3v) is 9.30. The first-order valence-electron chi connectivity index (χ1n) is 15.4. The number of ether oxygens (including phenoxy) is 5. The third kappa shape index (κ3) is 6.20. The lowest BCUT2D eigenvalue weighted by molar-refractivity contribution is -0.339. The van der Waals surface area contributed by atoms with Gasteiger partial charge >= 0.3 is 5.97 Å². The minimum Gasteiger partial charge on any atom is -0.504 e. The zero-order chi connectivity index (χ0) is 34.3. The van der Waals surface area contributed by atoms with E-state index in [9.17, 15) is 40.2 Å². The number of phenols is 3. The summed E-state index contributed by atoms with van der Waals surface area (Å²) in [6.45, 7) is 3.84. The molecule has 9 unspecified atom stereocenters. The molecule has 9 atom stereocenters. The summed E-state index contributed by atoms with van der Waals surface area (Å²) in [5, 5.41) is 61.9. The molecule has 14 nitrogen and oxygen atoms in total. The topological polar surface area (TPSA) is 205 Å². The molecule has 0 radical (unpaired) electrons. The third-order valence-electron chi connectivity index (χ3n) is 9.30. The standard InChI is InChI=1S/C34H37NO13/c1-3-18-20-12-22-19-13-25(38)24(37)11-17(19)8-9-35(22)32(43)21(20)14-46-33(18)48-34-31(42)30(41)29(40)27(47-34)15-45-28(39)7-5-16-4-6-23(36)26(10-16)44-2/h3-7,10-11,13-14,18,20,22,27,29-31,33-34,36-38,40-42H,1,8-9,12,15H2,2H3. The van der Waals surface area contributed by atoms with Gasteiger partial charge in [-0.1, -0.05) is 12.1 Å². The highest BCUT2D eigenvalue weighted by atomic mass is 16.8. The van der Waals surface area contributed by atoms with Crippen molar-refractivity contribution in [2.45, 2.75) is 55.9 Å². The van der Waals surface area contributed by atoms with E-state index < -0.39 is 67.4 Å². The maximum Gasteiger partial charge on any atom is 0.330 e. The summed E-state index contributed by atoms with van der Waals surface area (Å²) >= 11 is 0. The van der Waals surface area contributed by atoms with Crippen LogP contribution >= 0.6 is 0 Å². The van der Waals surface area contributed by atoms with E-state index in [4.69, 9.17) is 23.7 Å². The molecule has 6 rings (SSSR count). The average molecular weight is 668 g/mol. The van der Waals surface area contributed by atoms with Gasteiger partial charge in [0.15, 0.2) is 29.3 Å². The highest BCUT2D eigenvalue weighted by Gasteiger charge is 2.51. The van der Waals surface area contributed by atoms with Crippen molar-refractivity contribution in [1.29, 1.82) is 0 Å². The number of aliphatic hydroxyl groups is 3. The second-order valence-corrected chi connectivity index (χ2v) is 12.1. The van der Waals surface area contributed by atoms with E-state index in [1.165, 1.54) is 43.7 Å². The van der Waals surface area contributed by atoms with Crippen molar-refractivity contribution in [2.24, 2.45) is 11.8 Å². The zero-order valence-electron chi connectivity index (χ0n) is 25.9. The van der Waals surface area contributed by atoms with Crippen LogP contribution in [-0.4, -0.2) is 105 Å². The number of phenolic OH excluding ortho intramolecular Hbond substituents is 3. The Labute approximate surface area is 275 Å². The highest BCUT2D eigenvalue weighted by Crippen LogP contribution is 2.49. The van der Waals surface area contributed by atoms with Gasteiger partial charge in [-0.25, -0.2) is 4.79 Å². The number of hydrogen-bond donors (Lipinski definition) is 6. The van der Waals surface area contributed by atoms with Gasteiger partial charge in [-0.2, -0.15) is 0 Å². The van der Waals surface area contributed by atoms with E-state index >= 15 is 0 Å². The molecule has 48 heavy (non-hydrogen) atoms. The molecule has 6 N–H and O–H groups in total. The number of nitrogens with zero attached hydrogens (tertiary/aromatic N) is 1. The monoisotopic (exact) mass is 667 g/mol. The van der Waals surface area contributed by atoms with E-state index in [0.29, 0.717) is 30.5 Å². The lowest BCUT2D eigenvalue weighted by Gasteiger charge is -2.48. The number of piperidine rings is 1. The number of aliphatic hydroxyl groups excluding tert-OH is 3. The Morgan fingerprint density at radius 3 is 2.56 bits per heavy atom. The van der Waals surface area contributed by atoms with Crippen LogP contribution in [0.15, 0.2) is 60.9 Å². The molecule has 1 amide bonds. The molecule has 2 saturated heterocycles. The van der Waals surface area contributed by atoms with Crippen LogP contribution < -0.4 is 4.74 Å². The Hall–Kier alpha value is -4.60. The van der Waals surface area contributed by atoms with Gasteiger partial charge in [-0.15, -0.1) is 6.58 Å². The molecule has 4 aliphatic rings. The van der Waals surface area contributed by atoms with Crippen molar-refractivity contribution >= 4 is 18.0 Å². The molecule has 2 aromatic carbocycles. The summed E-state index contributed by atoms with van der Waals surface area (Å²) in [5.41, 5.74) is 2.51. The quantitative estimate of drug-likeness (QED) is 0.102. The predicted molar refractivity (Wildman–Crippen MR) is 165 cm³/mol. The van der Waals surface area contributed by atoms with Gasteiger partial charge in [0.2, 0.25) is 6.29 Å². The van der Waals surface area contributed by atoms with Crippen LogP contribution in [0.25, 0.3) is 6.08 Å². The van der Waals surface area contributed by atoms with Crippen LogP contribution in [0.4, 0.5) is 0 Å². The maximum atomic E-state index is 13.6. The molecular weight excluding hydrogens is 630 g/mol. The molecule has 256 valence electrons. The number of aromatic hydroxyl groups is 3. The fourth-order valence-electron chi connectivity index (χ4n) is 6.71. The van der Waals surface area contributed by atoms with E-state index in [0.717, 1.165) is 17.2 Å². The Morgan fingerprint density at radius 1 is 1.04 bits per heavy atom. The molecule has 2 fully saturated rings. The van der Waals surface area contributed by atoms with Crippen molar-refractivity contribution < 1.29 is 63.9 Å². The van der Waals surface area contributed by atoms with Crippen LogP contribution in [0.2, 0.25) is 0 Å². The van der Waals surface area contributed by atoms with Crippen LogP contribution in [0, 0.1) is 11.8 Å². The summed E-state index contributed by atoms with van der Waals surface area (Å²) in [5.74, 6) is -2.45. The Morgan fingerprint density at radius 2 is 1.81 bits per heavy atom. The van der Waals surface area contributed by atoms with Crippen molar-refractivity contribution in [3.8, 4) is 23.0 Å². The Kier molecular flexibility index (Phi) is 9.36.